The second-order valence-corrected chi connectivity index (χ2v) is 11.1. The van der Waals surface area contributed by atoms with Crippen molar-refractivity contribution < 1.29 is 22.1 Å². The molecule has 2 aromatic heterocycles. The molecule has 11 heteroatoms. The number of hydrogen-bond donors (Lipinski definition) is 0. The van der Waals surface area contributed by atoms with Crippen LogP contribution >= 0.6 is 12.2 Å². The van der Waals surface area contributed by atoms with Crippen molar-refractivity contribution in [2.75, 3.05) is 20.1 Å². The first-order valence-electron chi connectivity index (χ1n) is 13.0. The van der Waals surface area contributed by atoms with Gasteiger partial charge < -0.3 is 4.18 Å². The lowest BCUT2D eigenvalue weighted by Gasteiger charge is -2.47. The van der Waals surface area contributed by atoms with E-state index in [-0.39, 0.29) is 17.3 Å². The average molecular weight is 578 g/mol. The average Bonchev–Trinajstić information content (AvgIpc) is 3.38. The first kappa shape index (κ1) is 27.3. The number of carbonyl (C=O) groups is 1. The Bertz CT molecular complexity index is 1660. The van der Waals surface area contributed by atoms with Crippen molar-refractivity contribution in [1.29, 1.82) is 0 Å². The minimum atomic E-state index is -0.993. The number of aryl methyl sites for hydroxylation is 1. The normalized spacial score (nSPS) is 18.5. The molecule has 2 aromatic carbocycles. The number of ketones is 1. The first-order chi connectivity index (χ1) is 19.7. The highest BCUT2D eigenvalue weighted by Gasteiger charge is 2.50. The summed E-state index contributed by atoms with van der Waals surface area (Å²) in [6, 6.07) is 13.1. The molecule has 0 radical (unpaired) electrons. The molecule has 1 fully saturated rings. The molecule has 41 heavy (non-hydrogen) atoms. The Balaban J connectivity index is 1.32. The molecule has 0 amide bonds. The van der Waals surface area contributed by atoms with Crippen molar-refractivity contribution in [1.82, 2.24) is 24.2 Å². The molecule has 4 aromatic rings. The Kier molecular flexibility index (Phi) is 7.18. The van der Waals surface area contributed by atoms with Crippen LogP contribution < -0.4 is 4.18 Å². The molecule has 1 aliphatic heterocycles. The van der Waals surface area contributed by atoms with Gasteiger partial charge in [0.05, 0.1) is 23.0 Å². The van der Waals surface area contributed by atoms with Gasteiger partial charge in [-0.05, 0) is 85.5 Å². The number of carbonyl (C=O) groups excluding carboxylic acids is 1. The van der Waals surface area contributed by atoms with Crippen molar-refractivity contribution in [2.24, 2.45) is 5.41 Å². The van der Waals surface area contributed by atoms with Gasteiger partial charge in [-0.1, -0.05) is 5.57 Å². The molecule has 7 nitrogen and oxygen atoms in total. The van der Waals surface area contributed by atoms with Gasteiger partial charge in [-0.25, -0.2) is 22.9 Å². The second kappa shape index (κ2) is 10.8. The zero-order chi connectivity index (χ0) is 28.7. The van der Waals surface area contributed by atoms with Gasteiger partial charge in [-0.3, -0.25) is 9.78 Å². The third-order valence-corrected chi connectivity index (χ3v) is 8.29. The summed E-state index contributed by atoms with van der Waals surface area (Å²) in [4.78, 5) is 18.7. The molecule has 0 spiro atoms. The highest BCUT2D eigenvalue weighted by atomic mass is 32.2. The molecular weight excluding hydrogens is 551 g/mol. The van der Waals surface area contributed by atoms with Crippen LogP contribution in [0.5, 0.6) is 5.75 Å². The summed E-state index contributed by atoms with van der Waals surface area (Å²) in [6.45, 7) is 2.86. The van der Waals surface area contributed by atoms with Crippen LogP contribution in [-0.4, -0.2) is 50.1 Å². The van der Waals surface area contributed by atoms with Gasteiger partial charge in [0, 0.05) is 32.4 Å². The smallest absolute Gasteiger partial charge is 0.193 e. The summed E-state index contributed by atoms with van der Waals surface area (Å²) in [5.74, 6) is -2.18. The number of hydrogen-bond acceptors (Lipinski definition) is 7. The van der Waals surface area contributed by atoms with E-state index < -0.39 is 17.0 Å². The lowest BCUT2D eigenvalue weighted by Crippen LogP contribution is -2.54. The number of aromatic nitrogens is 3. The maximum atomic E-state index is 14.3. The molecular formula is C30H26F3N5O2S. The SMILES string of the molecule is Cc1ccnc(C(=O)C23Cc4cnn(-c5ccc(F)cc5)c4C=C2CCN(N(C)SOc2ccc(F)c(F)c2)C3)c1. The third-order valence-electron chi connectivity index (χ3n) is 7.58. The summed E-state index contributed by atoms with van der Waals surface area (Å²) >= 11 is 0.963. The zero-order valence-corrected chi connectivity index (χ0v) is 23.2. The quantitative estimate of drug-likeness (QED) is 0.152. The van der Waals surface area contributed by atoms with E-state index in [1.54, 1.807) is 46.7 Å². The number of pyridine rings is 1. The van der Waals surface area contributed by atoms with E-state index in [0.717, 1.165) is 52.4 Å². The van der Waals surface area contributed by atoms with E-state index >= 15 is 0 Å². The Labute approximate surface area is 239 Å². The van der Waals surface area contributed by atoms with Gasteiger partial charge in [0.15, 0.2) is 29.6 Å². The number of piperidine rings is 1. The Morgan fingerprint density at radius 2 is 1.88 bits per heavy atom. The minimum Gasteiger partial charge on any atom is -0.408 e. The number of hydrazine groups is 1. The number of benzene rings is 2. The first-order valence-corrected chi connectivity index (χ1v) is 13.7. The molecule has 0 bridgehead atoms. The number of Topliss-reactive ketones (excluding diaryl/α,β-unsaturated/α-hetero) is 1. The lowest BCUT2D eigenvalue weighted by atomic mass is 9.65. The topological polar surface area (TPSA) is 63.5 Å². The van der Waals surface area contributed by atoms with Crippen molar-refractivity contribution in [3.05, 3.63) is 113 Å². The van der Waals surface area contributed by atoms with Crippen molar-refractivity contribution >= 4 is 24.1 Å². The fourth-order valence-electron chi connectivity index (χ4n) is 5.44. The van der Waals surface area contributed by atoms with E-state index in [9.17, 15) is 18.0 Å². The largest absolute Gasteiger partial charge is 0.408 e. The number of nitrogens with zero attached hydrogens (tertiary/aromatic N) is 5. The van der Waals surface area contributed by atoms with Gasteiger partial charge in [-0.15, -0.1) is 0 Å². The second-order valence-electron chi connectivity index (χ2n) is 10.3. The van der Waals surface area contributed by atoms with Crippen LogP contribution in [0.1, 0.15) is 33.7 Å². The fourth-order valence-corrected chi connectivity index (χ4v) is 5.97. The van der Waals surface area contributed by atoms with Crippen LogP contribution in [0.2, 0.25) is 0 Å². The van der Waals surface area contributed by atoms with Crippen LogP contribution in [0.3, 0.4) is 0 Å². The molecule has 0 N–H and O–H groups in total. The van der Waals surface area contributed by atoms with Gasteiger partial charge in [-0.2, -0.15) is 9.51 Å². The Morgan fingerprint density at radius 1 is 1.07 bits per heavy atom. The maximum Gasteiger partial charge on any atom is 0.193 e. The highest BCUT2D eigenvalue weighted by molar-refractivity contribution is 7.92. The van der Waals surface area contributed by atoms with Crippen molar-refractivity contribution in [2.45, 2.75) is 19.8 Å². The van der Waals surface area contributed by atoms with Gasteiger partial charge in [0.25, 0.3) is 0 Å². The molecule has 1 unspecified atom stereocenters. The molecule has 210 valence electrons. The Morgan fingerprint density at radius 3 is 2.63 bits per heavy atom. The Hall–Kier alpha value is -3.93. The number of halogens is 3. The van der Waals surface area contributed by atoms with E-state index in [0.29, 0.717) is 31.6 Å². The van der Waals surface area contributed by atoms with Gasteiger partial charge >= 0.3 is 0 Å². The summed E-state index contributed by atoms with van der Waals surface area (Å²) < 4.78 is 49.7. The van der Waals surface area contributed by atoms with Crippen LogP contribution in [0.4, 0.5) is 13.2 Å². The molecule has 0 saturated carbocycles. The third kappa shape index (κ3) is 5.16. The summed E-state index contributed by atoms with van der Waals surface area (Å²) in [6.07, 6.45) is 6.42. The predicted molar refractivity (Wildman–Crippen MR) is 149 cm³/mol. The summed E-state index contributed by atoms with van der Waals surface area (Å²) in [5.41, 5.74) is 3.87. The fraction of sp³-hybridized carbons (Fsp3) is 0.233. The molecule has 1 saturated heterocycles. The van der Waals surface area contributed by atoms with E-state index in [1.165, 1.54) is 18.2 Å². The molecule has 6 rings (SSSR count). The monoisotopic (exact) mass is 577 g/mol. The summed E-state index contributed by atoms with van der Waals surface area (Å²) in [5, 5.41) is 6.59. The predicted octanol–water partition coefficient (Wildman–Crippen LogP) is 6.00. The van der Waals surface area contributed by atoms with E-state index in [1.807, 2.05) is 24.1 Å². The maximum absolute atomic E-state index is 14.3. The molecule has 3 heterocycles. The molecule has 1 atom stereocenters. The van der Waals surface area contributed by atoms with Crippen LogP contribution in [0.25, 0.3) is 11.8 Å². The highest BCUT2D eigenvalue weighted by Crippen LogP contribution is 2.47. The van der Waals surface area contributed by atoms with Crippen LogP contribution in [-0.2, 0) is 6.42 Å². The standard InChI is InChI=1S/C30H26F3N5O2S/c1-19-9-11-34-27(13-19)29(39)30-16-20-17-35-38(23-5-3-22(31)4-6-23)28(20)14-21(30)10-12-37(18-30)36(2)41-40-24-7-8-25(32)26(33)15-24/h3-9,11,13-15,17H,10,12,16,18H2,1-2H3. The van der Waals surface area contributed by atoms with E-state index in [4.69, 9.17) is 4.18 Å². The van der Waals surface area contributed by atoms with Gasteiger partial charge in [0.1, 0.15) is 17.3 Å². The van der Waals surface area contributed by atoms with Gasteiger partial charge in [0.2, 0.25) is 0 Å². The van der Waals surface area contributed by atoms with E-state index in [2.05, 4.69) is 10.1 Å². The van der Waals surface area contributed by atoms with Crippen LogP contribution in [0, 0.1) is 29.8 Å². The zero-order valence-electron chi connectivity index (χ0n) is 22.4. The number of fused-ring (bicyclic) bond motifs is 2. The molecule has 1 aliphatic carbocycles. The molecule has 2 aliphatic rings. The summed E-state index contributed by atoms with van der Waals surface area (Å²) in [7, 11) is 1.79. The minimum absolute atomic E-state index is 0.0859. The van der Waals surface area contributed by atoms with Crippen molar-refractivity contribution in [3.8, 4) is 11.4 Å². The number of rotatable bonds is 7. The van der Waals surface area contributed by atoms with Crippen molar-refractivity contribution in [3.63, 3.8) is 0 Å². The lowest BCUT2D eigenvalue weighted by molar-refractivity contribution is 0.0226. The van der Waals surface area contributed by atoms with Crippen LogP contribution in [0.15, 0.2) is 72.6 Å².